The Hall–Kier alpha value is -2.88. The van der Waals surface area contributed by atoms with E-state index < -0.39 is 0 Å². The summed E-state index contributed by atoms with van der Waals surface area (Å²) in [5, 5.41) is 5.17. The zero-order valence-corrected chi connectivity index (χ0v) is 13.5. The molecule has 23 heavy (non-hydrogen) atoms. The topological polar surface area (TPSA) is 68.0 Å². The van der Waals surface area contributed by atoms with Gasteiger partial charge in [-0.3, -0.25) is 4.79 Å². The van der Waals surface area contributed by atoms with Crippen molar-refractivity contribution in [2.24, 2.45) is 0 Å². The Morgan fingerprint density at radius 3 is 2.48 bits per heavy atom. The first-order chi connectivity index (χ1) is 11.2. The van der Waals surface area contributed by atoms with Crippen molar-refractivity contribution in [3.8, 4) is 0 Å². The summed E-state index contributed by atoms with van der Waals surface area (Å²) in [5.74, 6) is -0.0469. The molecule has 3 rings (SSSR count). The molecule has 1 aromatic heterocycles. The summed E-state index contributed by atoms with van der Waals surface area (Å²) >= 11 is 0. The molecule has 0 aliphatic carbocycles. The van der Waals surface area contributed by atoms with E-state index in [1.165, 1.54) is 6.08 Å². The van der Waals surface area contributed by atoms with Gasteiger partial charge in [-0.1, -0.05) is 32.6 Å². The highest BCUT2D eigenvalue weighted by molar-refractivity contribution is 5.96. The minimum atomic E-state index is -0.0469. The minimum absolute atomic E-state index is 0.0469. The maximum absolute atomic E-state index is 11.3. The van der Waals surface area contributed by atoms with E-state index in [1.807, 2.05) is 50.2 Å². The maximum Gasteiger partial charge on any atom is 0.174 e. The second-order valence-electron chi connectivity index (χ2n) is 4.87. The Labute approximate surface area is 136 Å². The lowest BCUT2D eigenvalue weighted by atomic mass is 10.1. The number of hydrogen-bond donors (Lipinski definition) is 2. The van der Waals surface area contributed by atoms with Crippen LogP contribution < -0.4 is 11.1 Å². The van der Waals surface area contributed by atoms with Gasteiger partial charge in [0.05, 0.1) is 17.6 Å². The molecule has 118 valence electrons. The lowest BCUT2D eigenvalue weighted by Gasteiger charge is -2.07. The van der Waals surface area contributed by atoms with E-state index in [4.69, 9.17) is 5.73 Å². The molecule has 3 aromatic rings. The minimum Gasteiger partial charge on any atom is -0.399 e. The van der Waals surface area contributed by atoms with Crippen LogP contribution in [0.15, 0.2) is 55.1 Å². The number of pyridine rings is 1. The van der Waals surface area contributed by atoms with E-state index in [-0.39, 0.29) is 12.3 Å². The molecule has 0 radical (unpaired) electrons. The Bertz CT molecular complexity index is 856. The Kier molecular flexibility index (Phi) is 5.31. The van der Waals surface area contributed by atoms with Gasteiger partial charge >= 0.3 is 0 Å². The van der Waals surface area contributed by atoms with Crippen molar-refractivity contribution >= 4 is 39.0 Å². The summed E-state index contributed by atoms with van der Waals surface area (Å²) in [4.78, 5) is 15.9. The second-order valence-corrected chi connectivity index (χ2v) is 4.87. The number of fused-ring (bicyclic) bond motifs is 2. The Morgan fingerprint density at radius 1 is 1.13 bits per heavy atom. The predicted octanol–water partition coefficient (Wildman–Crippen LogP) is 4.16. The van der Waals surface area contributed by atoms with Crippen molar-refractivity contribution in [2.75, 3.05) is 17.6 Å². The van der Waals surface area contributed by atoms with Crippen LogP contribution in [0.4, 0.5) is 11.4 Å². The van der Waals surface area contributed by atoms with Crippen LogP contribution in [0.3, 0.4) is 0 Å². The van der Waals surface area contributed by atoms with Gasteiger partial charge in [-0.25, -0.2) is 4.98 Å². The van der Waals surface area contributed by atoms with E-state index >= 15 is 0 Å². The number of carbonyl (C=O) groups excluding carboxylic acids is 1. The number of rotatable bonds is 4. The van der Waals surface area contributed by atoms with Crippen LogP contribution in [0.25, 0.3) is 21.8 Å². The monoisotopic (exact) mass is 307 g/mol. The van der Waals surface area contributed by atoms with Crippen LogP contribution in [-0.2, 0) is 4.79 Å². The quantitative estimate of drug-likeness (QED) is 0.431. The molecular weight excluding hydrogens is 286 g/mol. The summed E-state index contributed by atoms with van der Waals surface area (Å²) in [6, 6.07) is 13.6. The number of nitrogens with one attached hydrogen (secondary N) is 1. The SMILES string of the molecule is C=CC(=O)CNc1ccc2cc3ccc(N)cc3nc2c1.CC. The molecule has 0 bridgehead atoms. The van der Waals surface area contributed by atoms with Gasteiger partial charge in [-0.2, -0.15) is 0 Å². The maximum atomic E-state index is 11.3. The highest BCUT2D eigenvalue weighted by Crippen LogP contribution is 2.23. The van der Waals surface area contributed by atoms with E-state index in [0.29, 0.717) is 5.69 Å². The van der Waals surface area contributed by atoms with Gasteiger partial charge < -0.3 is 11.1 Å². The van der Waals surface area contributed by atoms with Crippen molar-refractivity contribution in [2.45, 2.75) is 13.8 Å². The number of nitrogen functional groups attached to an aromatic ring is 1. The first kappa shape index (κ1) is 16.5. The molecule has 3 N–H and O–H groups in total. The average molecular weight is 307 g/mol. The lowest BCUT2D eigenvalue weighted by molar-refractivity contribution is -0.113. The smallest absolute Gasteiger partial charge is 0.174 e. The van der Waals surface area contributed by atoms with Crippen LogP contribution in [-0.4, -0.2) is 17.3 Å². The van der Waals surface area contributed by atoms with Crippen LogP contribution in [0.5, 0.6) is 0 Å². The second kappa shape index (κ2) is 7.40. The number of carbonyl (C=O) groups is 1. The van der Waals surface area contributed by atoms with Crippen molar-refractivity contribution in [1.82, 2.24) is 4.98 Å². The molecule has 2 aromatic carbocycles. The fourth-order valence-electron chi connectivity index (χ4n) is 2.21. The van der Waals surface area contributed by atoms with Crippen LogP contribution in [0, 0.1) is 0 Å². The molecule has 4 nitrogen and oxygen atoms in total. The van der Waals surface area contributed by atoms with Crippen LogP contribution in [0.1, 0.15) is 13.8 Å². The number of nitrogens with zero attached hydrogens (tertiary/aromatic N) is 1. The first-order valence-corrected chi connectivity index (χ1v) is 7.65. The van der Waals surface area contributed by atoms with Gasteiger partial charge in [0.1, 0.15) is 0 Å². The summed E-state index contributed by atoms with van der Waals surface area (Å²) < 4.78 is 0. The Balaban J connectivity index is 0.000000924. The molecule has 0 unspecified atom stereocenters. The largest absolute Gasteiger partial charge is 0.399 e. The van der Waals surface area contributed by atoms with Gasteiger partial charge in [0.15, 0.2) is 5.78 Å². The summed E-state index contributed by atoms with van der Waals surface area (Å²) in [6.07, 6.45) is 1.31. The highest BCUT2D eigenvalue weighted by atomic mass is 16.1. The van der Waals surface area contributed by atoms with Gasteiger partial charge in [0.2, 0.25) is 0 Å². The standard InChI is InChI=1S/C17H15N3O.C2H6/c1-2-15(21)10-19-14-6-4-12-7-11-3-5-13(18)8-16(11)20-17(12)9-14;1-2/h2-9,19H,1,10,18H2;1-2H3. The number of anilines is 2. The molecule has 4 heteroatoms. The van der Waals surface area contributed by atoms with Crippen LogP contribution in [0.2, 0.25) is 0 Å². The number of aromatic nitrogens is 1. The lowest BCUT2D eigenvalue weighted by Crippen LogP contribution is -2.10. The third-order valence-electron chi connectivity index (χ3n) is 3.33. The van der Waals surface area contributed by atoms with Gasteiger partial charge in [0, 0.05) is 22.1 Å². The van der Waals surface area contributed by atoms with Crippen molar-refractivity contribution < 1.29 is 4.79 Å². The first-order valence-electron chi connectivity index (χ1n) is 7.65. The van der Waals surface area contributed by atoms with Crippen LogP contribution >= 0.6 is 0 Å². The third kappa shape index (κ3) is 3.86. The van der Waals surface area contributed by atoms with Crippen molar-refractivity contribution in [3.05, 3.63) is 55.1 Å². The fraction of sp³-hybridized carbons (Fsp3) is 0.158. The molecule has 0 atom stereocenters. The molecule has 0 aliphatic heterocycles. The molecule has 0 spiro atoms. The van der Waals surface area contributed by atoms with Gasteiger partial charge in [-0.15, -0.1) is 0 Å². The summed E-state index contributed by atoms with van der Waals surface area (Å²) in [6.45, 7) is 7.68. The molecule has 0 fully saturated rings. The summed E-state index contributed by atoms with van der Waals surface area (Å²) in [7, 11) is 0. The number of hydrogen-bond acceptors (Lipinski definition) is 4. The highest BCUT2D eigenvalue weighted by Gasteiger charge is 2.03. The predicted molar refractivity (Wildman–Crippen MR) is 98.7 cm³/mol. The average Bonchev–Trinajstić information content (AvgIpc) is 2.59. The third-order valence-corrected chi connectivity index (χ3v) is 3.33. The molecule has 0 aliphatic rings. The number of ketones is 1. The normalized spacial score (nSPS) is 10.0. The number of benzene rings is 2. The van der Waals surface area contributed by atoms with E-state index in [9.17, 15) is 4.79 Å². The molecule has 0 saturated carbocycles. The summed E-state index contributed by atoms with van der Waals surface area (Å²) in [5.41, 5.74) is 9.07. The zero-order chi connectivity index (χ0) is 16.8. The van der Waals surface area contributed by atoms with Gasteiger partial charge in [-0.05, 0) is 36.4 Å². The number of nitrogens with two attached hydrogens (primary N) is 1. The molecule has 0 amide bonds. The molecular formula is C19H21N3O. The molecule has 0 saturated heterocycles. The van der Waals surface area contributed by atoms with E-state index in [1.54, 1.807) is 0 Å². The van der Waals surface area contributed by atoms with Crippen molar-refractivity contribution in [1.29, 1.82) is 0 Å². The van der Waals surface area contributed by atoms with E-state index in [2.05, 4.69) is 22.9 Å². The van der Waals surface area contributed by atoms with Crippen molar-refractivity contribution in [3.63, 3.8) is 0 Å². The molecule has 1 heterocycles. The van der Waals surface area contributed by atoms with Gasteiger partial charge in [0.25, 0.3) is 0 Å². The van der Waals surface area contributed by atoms with E-state index in [0.717, 1.165) is 27.5 Å². The zero-order valence-electron chi connectivity index (χ0n) is 13.5. The fourth-order valence-corrected chi connectivity index (χ4v) is 2.21. The Morgan fingerprint density at radius 2 is 1.78 bits per heavy atom.